The minimum absolute atomic E-state index is 0.118. The summed E-state index contributed by atoms with van der Waals surface area (Å²) >= 11 is 0. The Hall–Kier alpha value is -0.0800. The molecule has 1 N–H and O–H groups in total. The largest absolute Gasteiger partial charge is 0.393 e. The molecule has 0 aromatic carbocycles. The van der Waals surface area contributed by atoms with Crippen LogP contribution in [0.15, 0.2) is 0 Å². The summed E-state index contributed by atoms with van der Waals surface area (Å²) in [6, 6.07) is 0. The number of aliphatic hydroxyl groups is 1. The first-order valence-electron chi connectivity index (χ1n) is 5.49. The van der Waals surface area contributed by atoms with E-state index < -0.39 is 0 Å². The molecule has 1 aliphatic rings. The molecule has 1 fully saturated rings. The van der Waals surface area contributed by atoms with Gasteiger partial charge in [0.25, 0.3) is 0 Å². The highest BCUT2D eigenvalue weighted by molar-refractivity contribution is 4.74. The van der Waals surface area contributed by atoms with E-state index in [1.165, 1.54) is 12.8 Å². The van der Waals surface area contributed by atoms with Gasteiger partial charge in [-0.05, 0) is 18.8 Å². The van der Waals surface area contributed by atoms with Crippen molar-refractivity contribution in [2.24, 2.45) is 11.8 Å². The molecule has 0 amide bonds. The monoisotopic (exact) mass is 186 g/mol. The molecule has 0 spiro atoms. The maximum absolute atomic E-state index is 9.71. The summed E-state index contributed by atoms with van der Waals surface area (Å²) < 4.78 is 5.37. The molecule has 13 heavy (non-hydrogen) atoms. The first-order valence-corrected chi connectivity index (χ1v) is 5.49. The first kappa shape index (κ1) is 11.0. The van der Waals surface area contributed by atoms with Crippen molar-refractivity contribution in [1.29, 1.82) is 0 Å². The van der Waals surface area contributed by atoms with Gasteiger partial charge >= 0.3 is 0 Å². The molecule has 0 aromatic heterocycles. The highest BCUT2D eigenvalue weighted by Gasteiger charge is 2.24. The normalized spacial score (nSPS) is 31.6. The first-order chi connectivity index (χ1) is 6.24. The maximum Gasteiger partial charge on any atom is 0.0612 e. The van der Waals surface area contributed by atoms with Gasteiger partial charge in [0, 0.05) is 12.5 Å². The van der Waals surface area contributed by atoms with Gasteiger partial charge in [-0.25, -0.2) is 0 Å². The van der Waals surface area contributed by atoms with E-state index in [-0.39, 0.29) is 6.10 Å². The van der Waals surface area contributed by atoms with Crippen LogP contribution in [0.2, 0.25) is 0 Å². The lowest BCUT2D eigenvalue weighted by atomic mass is 9.87. The molecule has 0 radical (unpaired) electrons. The highest BCUT2D eigenvalue weighted by atomic mass is 16.5. The van der Waals surface area contributed by atoms with Gasteiger partial charge in [-0.2, -0.15) is 0 Å². The van der Waals surface area contributed by atoms with Gasteiger partial charge < -0.3 is 9.84 Å². The fourth-order valence-electron chi connectivity index (χ4n) is 2.14. The molecule has 78 valence electrons. The van der Waals surface area contributed by atoms with E-state index in [1.54, 1.807) is 0 Å². The number of hydrogen-bond acceptors (Lipinski definition) is 2. The fourth-order valence-corrected chi connectivity index (χ4v) is 2.14. The molecule has 3 atom stereocenters. The predicted molar refractivity (Wildman–Crippen MR) is 53.6 cm³/mol. The third kappa shape index (κ3) is 3.65. The van der Waals surface area contributed by atoms with Crippen molar-refractivity contribution < 1.29 is 9.84 Å². The number of hydrogen-bond donors (Lipinski definition) is 1. The number of ether oxygens (including phenoxy) is 1. The Kier molecular flexibility index (Phi) is 4.74. The average molecular weight is 186 g/mol. The molecule has 0 bridgehead atoms. The second kappa shape index (κ2) is 5.61. The Morgan fingerprint density at radius 1 is 1.54 bits per heavy atom. The van der Waals surface area contributed by atoms with Crippen LogP contribution >= 0.6 is 0 Å². The Morgan fingerprint density at radius 2 is 2.31 bits per heavy atom. The van der Waals surface area contributed by atoms with E-state index in [1.807, 2.05) is 0 Å². The molecule has 1 aliphatic heterocycles. The standard InChI is InChI=1S/C11H22O2/c1-3-4-9(2)7-10-8-13-6-5-11(10)12/h9-12H,3-8H2,1-2H3. The SMILES string of the molecule is CCCC(C)CC1COCCC1O. The van der Waals surface area contributed by atoms with Crippen molar-refractivity contribution in [2.45, 2.75) is 45.6 Å². The van der Waals surface area contributed by atoms with Crippen molar-refractivity contribution >= 4 is 0 Å². The predicted octanol–water partition coefficient (Wildman–Crippen LogP) is 2.21. The summed E-state index contributed by atoms with van der Waals surface area (Å²) in [5, 5.41) is 9.71. The Balaban J connectivity index is 2.25. The molecule has 0 aromatic rings. The summed E-state index contributed by atoms with van der Waals surface area (Å²) in [6.07, 6.45) is 4.33. The lowest BCUT2D eigenvalue weighted by Gasteiger charge is -2.29. The Labute approximate surface area is 81.3 Å². The highest BCUT2D eigenvalue weighted by Crippen LogP contribution is 2.24. The van der Waals surface area contributed by atoms with Gasteiger partial charge in [0.05, 0.1) is 12.7 Å². The Bertz CT molecular complexity index is 136. The quantitative estimate of drug-likeness (QED) is 0.729. The lowest BCUT2D eigenvalue weighted by Crippen LogP contribution is -2.32. The van der Waals surface area contributed by atoms with Crippen molar-refractivity contribution in [3.05, 3.63) is 0 Å². The molecule has 2 heteroatoms. The van der Waals surface area contributed by atoms with E-state index in [4.69, 9.17) is 4.74 Å². The molecule has 1 saturated heterocycles. The lowest BCUT2D eigenvalue weighted by molar-refractivity contribution is -0.0432. The van der Waals surface area contributed by atoms with Crippen LogP contribution in [0.5, 0.6) is 0 Å². The van der Waals surface area contributed by atoms with Gasteiger partial charge in [0.2, 0.25) is 0 Å². The second-order valence-electron chi connectivity index (χ2n) is 4.32. The zero-order chi connectivity index (χ0) is 9.68. The van der Waals surface area contributed by atoms with E-state index in [0.29, 0.717) is 5.92 Å². The third-order valence-electron chi connectivity index (χ3n) is 2.92. The summed E-state index contributed by atoms with van der Waals surface area (Å²) in [5.41, 5.74) is 0. The smallest absolute Gasteiger partial charge is 0.0612 e. The van der Waals surface area contributed by atoms with Gasteiger partial charge in [0.15, 0.2) is 0 Å². The Morgan fingerprint density at radius 3 is 2.92 bits per heavy atom. The van der Waals surface area contributed by atoms with E-state index >= 15 is 0 Å². The minimum Gasteiger partial charge on any atom is -0.393 e. The molecule has 3 unspecified atom stereocenters. The van der Waals surface area contributed by atoms with E-state index in [0.717, 1.165) is 32.0 Å². The van der Waals surface area contributed by atoms with Crippen LogP contribution in [-0.2, 0) is 4.74 Å². The molecule has 0 saturated carbocycles. The molecule has 0 aliphatic carbocycles. The third-order valence-corrected chi connectivity index (χ3v) is 2.92. The van der Waals surface area contributed by atoms with Crippen LogP contribution in [0.4, 0.5) is 0 Å². The molecule has 1 rings (SSSR count). The van der Waals surface area contributed by atoms with Crippen LogP contribution in [-0.4, -0.2) is 24.4 Å². The van der Waals surface area contributed by atoms with Gasteiger partial charge in [-0.15, -0.1) is 0 Å². The summed E-state index contributed by atoms with van der Waals surface area (Å²) in [6.45, 7) is 5.98. The fraction of sp³-hybridized carbons (Fsp3) is 1.00. The molecular formula is C11H22O2. The van der Waals surface area contributed by atoms with Gasteiger partial charge in [-0.3, -0.25) is 0 Å². The summed E-state index contributed by atoms with van der Waals surface area (Å²) in [7, 11) is 0. The minimum atomic E-state index is -0.118. The molecule has 2 nitrogen and oxygen atoms in total. The van der Waals surface area contributed by atoms with Gasteiger partial charge in [0.1, 0.15) is 0 Å². The van der Waals surface area contributed by atoms with E-state index in [2.05, 4.69) is 13.8 Å². The van der Waals surface area contributed by atoms with Crippen LogP contribution in [0.25, 0.3) is 0 Å². The van der Waals surface area contributed by atoms with Crippen molar-refractivity contribution in [2.75, 3.05) is 13.2 Å². The van der Waals surface area contributed by atoms with Gasteiger partial charge in [-0.1, -0.05) is 26.7 Å². The second-order valence-corrected chi connectivity index (χ2v) is 4.32. The topological polar surface area (TPSA) is 29.5 Å². The van der Waals surface area contributed by atoms with Crippen LogP contribution < -0.4 is 0 Å². The summed E-state index contributed by atoms with van der Waals surface area (Å²) in [5.74, 6) is 1.11. The van der Waals surface area contributed by atoms with Crippen molar-refractivity contribution in [3.63, 3.8) is 0 Å². The van der Waals surface area contributed by atoms with Crippen LogP contribution in [0.3, 0.4) is 0 Å². The number of rotatable bonds is 4. The molecular weight excluding hydrogens is 164 g/mol. The summed E-state index contributed by atoms with van der Waals surface area (Å²) in [4.78, 5) is 0. The van der Waals surface area contributed by atoms with Crippen LogP contribution in [0, 0.1) is 11.8 Å². The zero-order valence-corrected chi connectivity index (χ0v) is 8.83. The number of aliphatic hydroxyl groups excluding tert-OH is 1. The van der Waals surface area contributed by atoms with Crippen molar-refractivity contribution in [3.8, 4) is 0 Å². The van der Waals surface area contributed by atoms with E-state index in [9.17, 15) is 5.11 Å². The zero-order valence-electron chi connectivity index (χ0n) is 8.83. The maximum atomic E-state index is 9.71. The van der Waals surface area contributed by atoms with Crippen molar-refractivity contribution in [1.82, 2.24) is 0 Å². The van der Waals surface area contributed by atoms with Crippen LogP contribution in [0.1, 0.15) is 39.5 Å². The molecule has 1 heterocycles. The average Bonchev–Trinajstić information content (AvgIpc) is 2.09.